The lowest BCUT2D eigenvalue weighted by molar-refractivity contribution is 0.190. The van der Waals surface area contributed by atoms with Gasteiger partial charge in [-0.15, -0.1) is 0 Å². The average Bonchev–Trinajstić information content (AvgIpc) is 2.43. The molecule has 4 nitrogen and oxygen atoms in total. The second-order valence-corrected chi connectivity index (χ2v) is 4.94. The summed E-state index contributed by atoms with van der Waals surface area (Å²) in [5.74, 6) is -0.299. The lowest BCUT2D eigenvalue weighted by Crippen LogP contribution is -2.45. The Labute approximate surface area is 113 Å². The van der Waals surface area contributed by atoms with Gasteiger partial charge in [-0.1, -0.05) is 6.07 Å². The summed E-state index contributed by atoms with van der Waals surface area (Å²) < 4.78 is 13.4. The van der Waals surface area contributed by atoms with Gasteiger partial charge in [0.1, 0.15) is 5.82 Å². The minimum absolute atomic E-state index is 0.155. The van der Waals surface area contributed by atoms with Gasteiger partial charge in [-0.25, -0.2) is 9.18 Å². The van der Waals surface area contributed by atoms with Gasteiger partial charge >= 0.3 is 6.03 Å². The van der Waals surface area contributed by atoms with E-state index in [1.807, 2.05) is 7.05 Å². The number of anilines is 1. The summed E-state index contributed by atoms with van der Waals surface area (Å²) in [7, 11) is 1.94. The molecule has 0 radical (unpaired) electrons. The van der Waals surface area contributed by atoms with Crippen molar-refractivity contribution >= 4 is 11.7 Å². The number of carbonyl (C=O) groups is 1. The molecule has 2 N–H and O–H groups in total. The Morgan fingerprint density at radius 2 is 2.05 bits per heavy atom. The molecule has 1 saturated heterocycles. The predicted octanol–water partition coefficient (Wildman–Crippen LogP) is 2.35. The molecule has 0 bridgehead atoms. The van der Waals surface area contributed by atoms with Crippen molar-refractivity contribution in [2.24, 2.45) is 0 Å². The number of nitrogens with one attached hydrogen (secondary N) is 2. The van der Waals surface area contributed by atoms with Crippen molar-refractivity contribution in [2.75, 3.05) is 25.5 Å². The third kappa shape index (κ3) is 3.44. The number of urea groups is 1. The molecule has 0 saturated carbocycles. The molecule has 1 heterocycles. The number of amides is 2. The van der Waals surface area contributed by atoms with Crippen LogP contribution in [0.4, 0.5) is 14.9 Å². The Balaban J connectivity index is 1.92. The van der Waals surface area contributed by atoms with Gasteiger partial charge in [-0.2, -0.15) is 0 Å². The smallest absolute Gasteiger partial charge is 0.321 e. The molecule has 1 aromatic rings. The standard InChI is InChI=1S/C14H20FN3O/c1-10-3-4-12(9-13(10)15)17-14(19)18-7-5-11(16-2)6-8-18/h3-4,9,11,16H,5-8H2,1-2H3,(H,17,19). The zero-order valence-corrected chi connectivity index (χ0v) is 11.4. The van der Waals surface area contributed by atoms with Gasteiger partial charge in [0.05, 0.1) is 0 Å². The summed E-state index contributed by atoms with van der Waals surface area (Å²) in [6.45, 7) is 3.15. The zero-order valence-electron chi connectivity index (χ0n) is 11.4. The monoisotopic (exact) mass is 265 g/mol. The quantitative estimate of drug-likeness (QED) is 0.862. The van der Waals surface area contributed by atoms with Gasteiger partial charge in [-0.05, 0) is 44.5 Å². The number of halogens is 1. The maximum atomic E-state index is 13.4. The molecule has 5 heteroatoms. The molecule has 1 aromatic carbocycles. The summed E-state index contributed by atoms with van der Waals surface area (Å²) in [4.78, 5) is 13.8. The van der Waals surface area contributed by atoms with E-state index in [0.717, 1.165) is 25.9 Å². The van der Waals surface area contributed by atoms with Crippen LogP contribution in [-0.4, -0.2) is 37.1 Å². The first kappa shape index (κ1) is 13.8. The van der Waals surface area contributed by atoms with Crippen molar-refractivity contribution in [1.29, 1.82) is 0 Å². The Morgan fingerprint density at radius 1 is 1.37 bits per heavy atom. The van der Waals surface area contributed by atoms with Crippen LogP contribution >= 0.6 is 0 Å². The Morgan fingerprint density at radius 3 is 2.63 bits per heavy atom. The van der Waals surface area contributed by atoms with Crippen molar-refractivity contribution in [3.05, 3.63) is 29.6 Å². The van der Waals surface area contributed by atoms with E-state index in [1.54, 1.807) is 24.0 Å². The van der Waals surface area contributed by atoms with E-state index in [0.29, 0.717) is 17.3 Å². The number of rotatable bonds is 2. The number of aryl methyl sites for hydroxylation is 1. The fourth-order valence-electron chi connectivity index (χ4n) is 2.24. The minimum Gasteiger partial charge on any atom is -0.324 e. The molecule has 0 atom stereocenters. The number of hydrogen-bond acceptors (Lipinski definition) is 2. The number of carbonyl (C=O) groups excluding carboxylic acids is 1. The Hall–Kier alpha value is -1.62. The SMILES string of the molecule is CNC1CCN(C(=O)Nc2ccc(C)c(F)c2)CC1. The molecule has 2 rings (SSSR count). The molecular weight excluding hydrogens is 245 g/mol. The van der Waals surface area contributed by atoms with Crippen molar-refractivity contribution in [3.63, 3.8) is 0 Å². The second-order valence-electron chi connectivity index (χ2n) is 4.94. The van der Waals surface area contributed by atoms with Crippen LogP contribution in [0.2, 0.25) is 0 Å². The summed E-state index contributed by atoms with van der Waals surface area (Å²) >= 11 is 0. The van der Waals surface area contributed by atoms with Gasteiger partial charge in [0.15, 0.2) is 0 Å². The molecule has 104 valence electrons. The van der Waals surface area contributed by atoms with E-state index < -0.39 is 0 Å². The van der Waals surface area contributed by atoms with Crippen molar-refractivity contribution in [3.8, 4) is 0 Å². The van der Waals surface area contributed by atoms with Crippen molar-refractivity contribution in [2.45, 2.75) is 25.8 Å². The average molecular weight is 265 g/mol. The van der Waals surface area contributed by atoms with E-state index in [2.05, 4.69) is 10.6 Å². The summed E-state index contributed by atoms with van der Waals surface area (Å²) in [6, 6.07) is 5.07. The van der Waals surface area contributed by atoms with Gasteiger partial charge in [-0.3, -0.25) is 0 Å². The summed E-state index contributed by atoms with van der Waals surface area (Å²) in [6.07, 6.45) is 1.90. The normalized spacial score (nSPS) is 16.5. The number of piperidine rings is 1. The highest BCUT2D eigenvalue weighted by Crippen LogP contribution is 2.16. The molecule has 1 aliphatic heterocycles. The van der Waals surface area contributed by atoms with E-state index in [1.165, 1.54) is 6.07 Å². The fourth-order valence-corrected chi connectivity index (χ4v) is 2.24. The van der Waals surface area contributed by atoms with E-state index in [-0.39, 0.29) is 11.8 Å². The van der Waals surface area contributed by atoms with Crippen LogP contribution < -0.4 is 10.6 Å². The fraction of sp³-hybridized carbons (Fsp3) is 0.500. The molecule has 1 aliphatic rings. The first-order valence-electron chi connectivity index (χ1n) is 6.59. The third-order valence-electron chi connectivity index (χ3n) is 3.61. The third-order valence-corrected chi connectivity index (χ3v) is 3.61. The first-order valence-corrected chi connectivity index (χ1v) is 6.59. The van der Waals surface area contributed by atoms with E-state index in [9.17, 15) is 9.18 Å². The predicted molar refractivity (Wildman–Crippen MR) is 73.8 cm³/mol. The van der Waals surface area contributed by atoms with Crippen molar-refractivity contribution in [1.82, 2.24) is 10.2 Å². The molecule has 0 unspecified atom stereocenters. The highest BCUT2D eigenvalue weighted by atomic mass is 19.1. The minimum atomic E-state index is -0.299. The van der Waals surface area contributed by atoms with Gasteiger partial charge in [0, 0.05) is 24.8 Å². The molecular formula is C14H20FN3O. The number of likely N-dealkylation sites (tertiary alicyclic amines) is 1. The largest absolute Gasteiger partial charge is 0.324 e. The maximum absolute atomic E-state index is 13.4. The highest BCUT2D eigenvalue weighted by Gasteiger charge is 2.21. The molecule has 0 spiro atoms. The highest BCUT2D eigenvalue weighted by molar-refractivity contribution is 5.89. The second kappa shape index (κ2) is 6.02. The van der Waals surface area contributed by atoms with Crippen LogP contribution in [0.25, 0.3) is 0 Å². The molecule has 0 aromatic heterocycles. The van der Waals surface area contributed by atoms with Crippen LogP contribution in [0.15, 0.2) is 18.2 Å². The van der Waals surface area contributed by atoms with E-state index >= 15 is 0 Å². The van der Waals surface area contributed by atoms with Crippen LogP contribution in [0.1, 0.15) is 18.4 Å². The first-order chi connectivity index (χ1) is 9.10. The molecule has 2 amide bonds. The van der Waals surface area contributed by atoms with Crippen LogP contribution in [0.5, 0.6) is 0 Å². The number of benzene rings is 1. The maximum Gasteiger partial charge on any atom is 0.321 e. The topological polar surface area (TPSA) is 44.4 Å². The lowest BCUT2D eigenvalue weighted by Gasteiger charge is -2.31. The Bertz CT molecular complexity index is 456. The van der Waals surface area contributed by atoms with Gasteiger partial charge in [0.2, 0.25) is 0 Å². The number of nitrogens with zero attached hydrogens (tertiary/aromatic N) is 1. The summed E-state index contributed by atoms with van der Waals surface area (Å²) in [5, 5.41) is 5.96. The Kier molecular flexibility index (Phi) is 4.37. The van der Waals surface area contributed by atoms with Crippen LogP contribution in [-0.2, 0) is 0 Å². The van der Waals surface area contributed by atoms with E-state index in [4.69, 9.17) is 0 Å². The lowest BCUT2D eigenvalue weighted by atomic mass is 10.1. The van der Waals surface area contributed by atoms with Gasteiger partial charge < -0.3 is 15.5 Å². The van der Waals surface area contributed by atoms with Crippen LogP contribution in [0.3, 0.4) is 0 Å². The zero-order chi connectivity index (χ0) is 13.8. The van der Waals surface area contributed by atoms with Gasteiger partial charge in [0.25, 0.3) is 0 Å². The van der Waals surface area contributed by atoms with Crippen molar-refractivity contribution < 1.29 is 9.18 Å². The molecule has 1 fully saturated rings. The molecule has 0 aliphatic carbocycles. The summed E-state index contributed by atoms with van der Waals surface area (Å²) in [5.41, 5.74) is 1.08. The van der Waals surface area contributed by atoms with Crippen LogP contribution in [0, 0.1) is 12.7 Å². The molecule has 19 heavy (non-hydrogen) atoms. The number of hydrogen-bond donors (Lipinski definition) is 2.